The number of aliphatic hydroxyl groups is 2. The number of benzene rings is 2. The zero-order chi connectivity index (χ0) is 28.5. The summed E-state index contributed by atoms with van der Waals surface area (Å²) in [7, 11) is 6.49. The van der Waals surface area contributed by atoms with Crippen LogP contribution < -0.4 is 4.31 Å². The highest BCUT2D eigenvalue weighted by molar-refractivity contribution is 8.01. The molecule has 2 aromatic carbocycles. The highest BCUT2D eigenvalue weighted by Gasteiger charge is 2.55. The lowest BCUT2D eigenvalue weighted by Gasteiger charge is -2.30. The van der Waals surface area contributed by atoms with Gasteiger partial charge in [0, 0.05) is 45.8 Å². The van der Waals surface area contributed by atoms with Crippen LogP contribution in [0.1, 0.15) is 22.3 Å². The second-order valence-electron chi connectivity index (χ2n) is 8.71. The van der Waals surface area contributed by atoms with Crippen LogP contribution in [-0.4, -0.2) is 32.8 Å². The van der Waals surface area contributed by atoms with Crippen molar-refractivity contribution >= 4 is 195 Å². The van der Waals surface area contributed by atoms with E-state index in [-0.39, 0.29) is 22.7 Å². The number of allylic oxidation sites excluding steroid dienone is 2. The van der Waals surface area contributed by atoms with Gasteiger partial charge in [0.1, 0.15) is 11.5 Å². The van der Waals surface area contributed by atoms with Crippen LogP contribution in [0.15, 0.2) is 40.9 Å². The summed E-state index contributed by atoms with van der Waals surface area (Å²) in [5, 5.41) is 21.6. The lowest BCUT2D eigenvalue weighted by molar-refractivity contribution is -0.416. The molecule has 4 nitrogen and oxygen atoms in total. The molecule has 2 aromatic rings. The van der Waals surface area contributed by atoms with E-state index < -0.39 is 19.5 Å². The van der Waals surface area contributed by atoms with Crippen molar-refractivity contribution < 1.29 is 14.2 Å². The molecule has 2 N–H and O–H groups in total. The van der Waals surface area contributed by atoms with Crippen LogP contribution in [0.4, 0.5) is 11.4 Å². The van der Waals surface area contributed by atoms with E-state index in [1.165, 1.54) is 8.25 Å². The first-order chi connectivity index (χ1) is 17.4. The highest BCUT2D eigenvalue weighted by atomic mass is 32.2. The largest absolute Gasteiger partial charge is 0.506 e. The van der Waals surface area contributed by atoms with E-state index >= 15 is 0 Å². The van der Waals surface area contributed by atoms with Crippen LogP contribution in [0, 0.1) is 0 Å². The number of anilines is 1. The Morgan fingerprint density at radius 3 is 1.71 bits per heavy atom. The zero-order valence-electron chi connectivity index (χ0n) is 18.3. The van der Waals surface area contributed by atoms with E-state index in [1.54, 1.807) is 0 Å². The normalized spacial score (nSPS) is 25.8. The Labute approximate surface area is 292 Å². The molecule has 2 aliphatic heterocycles. The van der Waals surface area contributed by atoms with Gasteiger partial charge in [0.15, 0.2) is 4.08 Å². The van der Waals surface area contributed by atoms with Gasteiger partial charge in [-0.15, -0.1) is 118 Å². The molecular weight excluding hydrogens is 728 g/mol. The third-order valence-electron chi connectivity index (χ3n) is 6.66. The Hall–Kier alpha value is 1.60. The van der Waals surface area contributed by atoms with Gasteiger partial charge in [0.2, 0.25) is 11.1 Å². The molecule has 0 fully saturated rings. The molecule has 2 heterocycles. The number of nitrogens with zero attached hydrogens (tertiary/aromatic N) is 2. The van der Waals surface area contributed by atoms with E-state index in [1.807, 2.05) is 0 Å². The van der Waals surface area contributed by atoms with Gasteiger partial charge in [0.05, 0.1) is 40.5 Å². The van der Waals surface area contributed by atoms with Crippen molar-refractivity contribution in [2.75, 3.05) is 4.31 Å². The zero-order valence-corrected chi connectivity index (χ0v) is 29.8. The predicted molar refractivity (Wildman–Crippen MR) is 196 cm³/mol. The maximum atomic E-state index is 11.4. The van der Waals surface area contributed by atoms with E-state index in [2.05, 4.69) is 126 Å². The smallest absolute Gasteiger partial charge is 0.271 e. The van der Waals surface area contributed by atoms with Gasteiger partial charge in [-0.3, -0.25) is 0 Å². The fraction of sp³-hybridized carbons (Fsp3) is 0.200. The molecule has 2 radical (unpaired) electrons. The van der Waals surface area contributed by atoms with Gasteiger partial charge in [-0.1, -0.05) is 12.8 Å². The van der Waals surface area contributed by atoms with Crippen LogP contribution >= 0.6 is 152 Å². The Bertz CT molecular complexity index is 1590. The van der Waals surface area contributed by atoms with Crippen molar-refractivity contribution in [1.29, 1.82) is 0 Å². The first kappa shape index (κ1) is 31.0. The van der Waals surface area contributed by atoms with Crippen molar-refractivity contribution in [3.05, 3.63) is 33.8 Å². The van der Waals surface area contributed by atoms with Gasteiger partial charge in [0.25, 0.3) is 12.4 Å². The summed E-state index contributed by atoms with van der Waals surface area (Å²) >= 11 is 61.0. The average molecular weight is 744 g/mol. The molecular formula is C20H16BN2O2S13+. The second-order valence-corrected chi connectivity index (χ2v) is 15.7. The first-order valence-corrected chi connectivity index (χ1v) is 16.0. The molecule has 3 unspecified atom stereocenters. The van der Waals surface area contributed by atoms with E-state index in [0.29, 0.717) is 63.0 Å². The number of aliphatic hydroxyl groups excluding tert-OH is 2. The lowest BCUT2D eigenvalue weighted by atomic mass is 9.78. The molecule has 0 aromatic heterocycles. The van der Waals surface area contributed by atoms with Crippen molar-refractivity contribution in [1.82, 2.24) is 0 Å². The molecule has 18 heteroatoms. The van der Waals surface area contributed by atoms with E-state index in [0.717, 1.165) is 0 Å². The summed E-state index contributed by atoms with van der Waals surface area (Å²) in [5.74, 6) is -0.493. The summed E-state index contributed by atoms with van der Waals surface area (Å²) in [6.45, 7) is 0. The molecule has 198 valence electrons. The second kappa shape index (κ2) is 10.1. The fourth-order valence-electron chi connectivity index (χ4n) is 4.77. The molecule has 5 rings (SSSR count). The summed E-state index contributed by atoms with van der Waals surface area (Å²) in [6, 6.07) is 0. The maximum Gasteiger partial charge on any atom is 0.271 e. The third-order valence-corrected chi connectivity index (χ3v) is 14.1. The van der Waals surface area contributed by atoms with Gasteiger partial charge >= 0.3 is 0 Å². The minimum Gasteiger partial charge on any atom is -0.506 e. The Kier molecular flexibility index (Phi) is 8.23. The summed E-state index contributed by atoms with van der Waals surface area (Å²) in [4.78, 5) is 2.14. The number of thiol groups is 12. The van der Waals surface area contributed by atoms with E-state index in [9.17, 15) is 10.2 Å². The van der Waals surface area contributed by atoms with Gasteiger partial charge in [-0.2, -0.15) is 25.3 Å². The van der Waals surface area contributed by atoms with Crippen LogP contribution in [0.3, 0.4) is 0 Å². The van der Waals surface area contributed by atoms with Crippen LogP contribution in [0.5, 0.6) is 0 Å². The average Bonchev–Trinajstić information content (AvgIpc) is 3.14. The topological polar surface area (TPSA) is 46.7 Å². The van der Waals surface area contributed by atoms with Crippen LogP contribution in [0.25, 0.3) is 11.1 Å². The first-order valence-electron chi connectivity index (χ1n) is 10.2. The fourth-order valence-corrected chi connectivity index (χ4v) is 10.2. The van der Waals surface area contributed by atoms with Crippen molar-refractivity contribution in [3.8, 4) is 0 Å². The molecule has 0 saturated heterocycles. The molecule has 3 aliphatic rings. The molecule has 0 bridgehead atoms. The van der Waals surface area contributed by atoms with Crippen molar-refractivity contribution in [2.24, 2.45) is 0 Å². The van der Waals surface area contributed by atoms with Crippen molar-refractivity contribution in [2.45, 2.75) is 48.8 Å². The number of rotatable bonds is 2. The molecule has 1 aliphatic carbocycles. The number of hydrogen-bond acceptors (Lipinski definition) is 16. The van der Waals surface area contributed by atoms with Gasteiger partial charge in [-0.05, 0) is 0 Å². The third kappa shape index (κ3) is 3.90. The molecule has 3 atom stereocenters. The van der Waals surface area contributed by atoms with E-state index in [4.69, 9.17) is 45.5 Å². The predicted octanol–water partition coefficient (Wildman–Crippen LogP) is 6.50. The summed E-state index contributed by atoms with van der Waals surface area (Å²) in [5.41, 5.74) is 2.87. The minimum absolute atomic E-state index is 0.0900. The highest BCUT2D eigenvalue weighted by Crippen LogP contribution is 2.62. The summed E-state index contributed by atoms with van der Waals surface area (Å²) < 4.78 is 0.565. The standard InChI is InChI=1S/C20H15BN2O2S13/c21-19(34)5-7(22(37)17(19)32)15(30)13(28)3(11(5)26)1-9(24)2(10(1)25)4-12(27)6-8(16(31)14(4)29)23(38)18(33)20(6,35)36/h17-18,37H,(H12-,24,25,26,27,28,29,30,31,32,33,34,35,36)/p+1. The summed E-state index contributed by atoms with van der Waals surface area (Å²) in [6.07, 6.45) is 0. The quantitative estimate of drug-likeness (QED) is 0.0753. The lowest BCUT2D eigenvalue weighted by Crippen LogP contribution is -2.33. The van der Waals surface area contributed by atoms with Gasteiger partial charge in [-0.25, -0.2) is 0 Å². The molecule has 38 heavy (non-hydrogen) atoms. The number of hydrogen-bond donors (Lipinski definition) is 14. The van der Waals surface area contributed by atoms with Gasteiger partial charge < -0.3 is 14.5 Å². The molecule has 0 amide bonds. The minimum atomic E-state index is -1.29. The number of fused-ring (bicyclic) bond motifs is 2. The monoisotopic (exact) mass is 743 g/mol. The molecule has 0 saturated carbocycles. The Morgan fingerprint density at radius 2 is 1.21 bits per heavy atom. The SMILES string of the molecule is [B]C1(S)c2c(S)c(C3=C(O)C(c4c(S)c(S)c5c(c4S)C(S)(S)C(S)[N+]5=S)=C3O)c(S)c(S)c2N(S)C1S. The molecule has 0 spiro atoms. The Morgan fingerprint density at radius 1 is 0.763 bits per heavy atom. The maximum absolute atomic E-state index is 11.4. The van der Waals surface area contributed by atoms with Crippen LogP contribution in [0.2, 0.25) is 0 Å². The van der Waals surface area contributed by atoms with Crippen LogP contribution in [-0.2, 0) is 21.2 Å². The Balaban J connectivity index is 1.75. The van der Waals surface area contributed by atoms with Crippen molar-refractivity contribution in [3.63, 3.8) is 0 Å².